The zero-order valence-corrected chi connectivity index (χ0v) is 42.7. The van der Waals surface area contributed by atoms with Crippen molar-refractivity contribution in [1.82, 2.24) is 56.7 Å². The summed E-state index contributed by atoms with van der Waals surface area (Å²) in [6.45, 7) is 11.2. The summed E-state index contributed by atoms with van der Waals surface area (Å²) in [5, 5.41) is 30.6. The molecule has 5 aliphatic heterocycles. The van der Waals surface area contributed by atoms with Gasteiger partial charge in [-0.2, -0.15) is 0 Å². The van der Waals surface area contributed by atoms with Crippen molar-refractivity contribution in [1.29, 1.82) is 0 Å². The summed E-state index contributed by atoms with van der Waals surface area (Å²) < 4.78 is 1.61. The number of nitrogens with two attached hydrogens (primary N) is 2. The third kappa shape index (κ3) is 12.4. The number of guanidine groups is 1. The van der Waals surface area contributed by atoms with Crippen molar-refractivity contribution in [3.8, 4) is 5.82 Å². The Morgan fingerprint density at radius 1 is 0.838 bits per heavy atom. The summed E-state index contributed by atoms with van der Waals surface area (Å²) in [5.74, 6) is -7.88. The molecule has 0 aliphatic carbocycles. The van der Waals surface area contributed by atoms with Crippen LogP contribution in [-0.4, -0.2) is 145 Å². The number of hydrogen-bond donors (Lipinski definition) is 11. The van der Waals surface area contributed by atoms with E-state index in [-0.39, 0.29) is 93.9 Å². The molecule has 1 aromatic carbocycles. The van der Waals surface area contributed by atoms with E-state index in [1.807, 2.05) is 45.9 Å². The number of imidazole rings is 1. The maximum Gasteiger partial charge on any atom is 0.326 e. The second-order valence-electron chi connectivity index (χ2n) is 20.9. The quantitative estimate of drug-likeness (QED) is 0.0487. The lowest BCUT2D eigenvalue weighted by Crippen LogP contribution is -2.61. The fraction of sp³-hybridized carbons (Fsp3) is 0.580. The lowest BCUT2D eigenvalue weighted by Gasteiger charge is -2.33. The highest BCUT2D eigenvalue weighted by molar-refractivity contribution is 6.00. The second-order valence-corrected chi connectivity index (χ2v) is 20.9. The van der Waals surface area contributed by atoms with Crippen LogP contribution in [0.2, 0.25) is 0 Å². The van der Waals surface area contributed by atoms with Crippen LogP contribution in [0, 0.1) is 17.8 Å². The summed E-state index contributed by atoms with van der Waals surface area (Å²) in [6, 6.07) is -4.35. The molecule has 74 heavy (non-hydrogen) atoms. The number of carbonyl (C=O) groups excluding carboxylic acids is 8. The summed E-state index contributed by atoms with van der Waals surface area (Å²) in [7, 11) is 0. The molecule has 0 saturated carbocycles. The van der Waals surface area contributed by atoms with Crippen LogP contribution in [0.15, 0.2) is 35.7 Å². The van der Waals surface area contributed by atoms with Crippen LogP contribution in [0.4, 0.5) is 0 Å². The molecular weight excluding hydrogens is 957 g/mol. The molecule has 24 nitrogen and oxygen atoms in total. The third-order valence-corrected chi connectivity index (χ3v) is 14.2. The fourth-order valence-corrected chi connectivity index (χ4v) is 10.5. The van der Waals surface area contributed by atoms with Crippen molar-refractivity contribution in [3.63, 3.8) is 0 Å². The van der Waals surface area contributed by atoms with Crippen molar-refractivity contribution in [2.75, 3.05) is 13.1 Å². The number of aliphatic imine (C=N–C) groups is 1. The van der Waals surface area contributed by atoms with Crippen molar-refractivity contribution in [3.05, 3.63) is 47.5 Å². The van der Waals surface area contributed by atoms with Crippen LogP contribution >= 0.6 is 0 Å². The Labute approximate surface area is 428 Å². The monoisotopic (exact) mass is 1030 g/mol. The van der Waals surface area contributed by atoms with E-state index in [2.05, 4.69) is 52.2 Å². The van der Waals surface area contributed by atoms with Gasteiger partial charge in [-0.25, -0.2) is 9.78 Å². The van der Waals surface area contributed by atoms with Crippen LogP contribution < -0.4 is 48.7 Å². The van der Waals surface area contributed by atoms with E-state index in [9.17, 15) is 43.5 Å². The predicted octanol–water partition coefficient (Wildman–Crippen LogP) is -0.776. The number of aromatic nitrogens is 3. The first kappa shape index (κ1) is 54.2. The van der Waals surface area contributed by atoms with Crippen molar-refractivity contribution >= 4 is 70.1 Å². The van der Waals surface area contributed by atoms with Crippen LogP contribution in [0.3, 0.4) is 0 Å². The molecule has 1 unspecified atom stereocenters. The summed E-state index contributed by atoms with van der Waals surface area (Å²) in [5.41, 5.74) is 12.9. The number of nitrogens with zero attached hydrogens (tertiary/aromatic N) is 4. The number of aromatic amines is 1. The number of carbonyl (C=O) groups is 9. The van der Waals surface area contributed by atoms with Crippen LogP contribution in [0.5, 0.6) is 0 Å². The van der Waals surface area contributed by atoms with Gasteiger partial charge in [0.15, 0.2) is 5.96 Å². The molecule has 13 N–H and O–H groups in total. The van der Waals surface area contributed by atoms with Gasteiger partial charge >= 0.3 is 5.97 Å². The van der Waals surface area contributed by atoms with Crippen LogP contribution in [0.25, 0.3) is 16.7 Å². The Hall–Kier alpha value is -7.53. The molecule has 8 amide bonds. The smallest absolute Gasteiger partial charge is 0.326 e. The first-order chi connectivity index (χ1) is 35.1. The first-order valence-corrected chi connectivity index (χ1v) is 25.5. The number of benzene rings is 1. The minimum absolute atomic E-state index is 0.00936. The number of nitrogens with one attached hydrogen (secondary N) is 8. The van der Waals surface area contributed by atoms with Gasteiger partial charge in [-0.3, -0.25) is 47.9 Å². The van der Waals surface area contributed by atoms with E-state index in [1.165, 1.54) is 11.2 Å². The molecule has 5 aliphatic rings. The number of amides is 8. The Morgan fingerprint density at radius 3 is 2.23 bits per heavy atom. The summed E-state index contributed by atoms with van der Waals surface area (Å²) >= 11 is 0. The summed E-state index contributed by atoms with van der Waals surface area (Å²) in [6.07, 6.45) is 3.94. The van der Waals surface area contributed by atoms with E-state index in [4.69, 9.17) is 11.5 Å². The SMILES string of the molecule is CC(C)C[C@@H]1NC(=O)[C@@H](NC(=O)[C@@H]2CCC(=O)N2)[C@H](C(C)C)c2ccc3c4c([nH]c3c2)-n2cnc(c2)CC(C(=O)O)NC(=O)[C@H](CCCN=C(N)N)NC(=O)[C@@H]2CCCN2C(=O)[C@H](C4)NC(=O)[C@H](C(C)C)NC1=O. The zero-order valence-electron chi connectivity index (χ0n) is 42.7. The van der Waals surface area contributed by atoms with Crippen molar-refractivity contribution in [2.24, 2.45) is 34.2 Å². The molecule has 2 fully saturated rings. The normalized spacial score (nSPS) is 26.3. The molecule has 8 rings (SSSR count). The largest absolute Gasteiger partial charge is 0.480 e. The van der Waals surface area contributed by atoms with Gasteiger partial charge in [-0.15, -0.1) is 0 Å². The van der Waals surface area contributed by atoms with Gasteiger partial charge < -0.3 is 63.7 Å². The maximum absolute atomic E-state index is 15.3. The first-order valence-electron chi connectivity index (χ1n) is 25.5. The van der Waals surface area contributed by atoms with Gasteiger partial charge in [0, 0.05) is 60.9 Å². The molecule has 9 atom stereocenters. The van der Waals surface area contributed by atoms with E-state index in [0.29, 0.717) is 34.3 Å². The topological polar surface area (TPSA) is 359 Å². The number of aliphatic carboxylic acids is 1. The van der Waals surface area contributed by atoms with Gasteiger partial charge in [0.25, 0.3) is 0 Å². The number of H-pyrrole nitrogens is 1. The number of carboxylic acid groups (broad SMARTS) is 1. The molecule has 400 valence electrons. The van der Waals surface area contributed by atoms with E-state index >= 15 is 4.79 Å². The third-order valence-electron chi connectivity index (χ3n) is 14.2. The molecule has 0 radical (unpaired) electrons. The Bertz CT molecular complexity index is 2690. The van der Waals surface area contributed by atoms with E-state index in [1.54, 1.807) is 24.6 Å². The number of rotatable bonds is 11. The highest BCUT2D eigenvalue weighted by atomic mass is 16.4. The molecule has 2 aromatic heterocycles. The van der Waals surface area contributed by atoms with Gasteiger partial charge in [-0.1, -0.05) is 53.7 Å². The lowest BCUT2D eigenvalue weighted by atomic mass is 9.81. The van der Waals surface area contributed by atoms with Crippen molar-refractivity contribution in [2.45, 2.75) is 154 Å². The van der Waals surface area contributed by atoms with Crippen LogP contribution in [-0.2, 0) is 56.0 Å². The van der Waals surface area contributed by atoms with Gasteiger partial charge in [0.05, 0.1) is 5.69 Å². The minimum atomic E-state index is -1.49. The summed E-state index contributed by atoms with van der Waals surface area (Å²) in [4.78, 5) is 140. The number of fused-ring (bicyclic) bond motifs is 14. The molecule has 24 heteroatoms. The predicted molar refractivity (Wildman–Crippen MR) is 270 cm³/mol. The maximum atomic E-state index is 15.3. The van der Waals surface area contributed by atoms with Gasteiger partial charge in [0.1, 0.15) is 60.5 Å². The molecule has 7 bridgehead atoms. The van der Waals surface area contributed by atoms with E-state index < -0.39 is 107 Å². The molecule has 2 saturated heterocycles. The molecule has 3 aromatic rings. The van der Waals surface area contributed by atoms with E-state index in [0.717, 1.165) is 0 Å². The fourth-order valence-electron chi connectivity index (χ4n) is 10.5. The Morgan fingerprint density at radius 2 is 1.57 bits per heavy atom. The number of hydrogen-bond acceptors (Lipinski definition) is 11. The second kappa shape index (κ2) is 23.1. The average Bonchev–Trinajstić information content (AvgIpc) is 4.17. The van der Waals surface area contributed by atoms with Gasteiger partial charge in [0.2, 0.25) is 47.3 Å². The van der Waals surface area contributed by atoms with Gasteiger partial charge in [-0.05, 0) is 67.9 Å². The zero-order chi connectivity index (χ0) is 53.7. The lowest BCUT2D eigenvalue weighted by molar-refractivity contribution is -0.143. The average molecular weight is 1030 g/mol. The highest BCUT2D eigenvalue weighted by Gasteiger charge is 2.43. The van der Waals surface area contributed by atoms with Crippen LogP contribution in [0.1, 0.15) is 109 Å². The minimum Gasteiger partial charge on any atom is -0.480 e. The number of carboxylic acids is 1. The Balaban J connectivity index is 1.41. The molecule has 7 heterocycles. The van der Waals surface area contributed by atoms with Crippen molar-refractivity contribution < 1.29 is 48.3 Å². The molecular formula is C50H70N14O10. The molecule has 0 spiro atoms. The highest BCUT2D eigenvalue weighted by Crippen LogP contribution is 2.35. The standard InChI is InChI=1S/C50H70N14O10/c1-23(2)17-33-44(68)61-39(25(5)6)46(70)59-34-20-29-28-12-11-26(38(24(3)4)40(47(71)58-33)62-43(67)31-13-14-37(65)55-31)18-32(28)56-41(29)63-21-27(54-22-63)19-35(49(73)74)60-42(66)30(9-7-15-53-50(51)52)57-45(69)36-10-8-16-64(36)48(34)72/h11-12,18,21-25,30-31,33-36,38-40,56H,7-10,13-17,19-20H2,1-6H3,(H,55,65)(H,57,69)(H,58,71)(H,59,70)(H,60,66)(H,61,68)(H,62,67)(H,73,74)(H4,51,52,53)/t30-,31-,33-,34-,35?,36-,38+,39-,40-/m0/s1. The Kier molecular flexibility index (Phi) is 17.0.